The molecule has 136 valence electrons. The van der Waals surface area contributed by atoms with Gasteiger partial charge in [-0.25, -0.2) is 0 Å². The summed E-state index contributed by atoms with van der Waals surface area (Å²) in [7, 11) is 4.13. The summed E-state index contributed by atoms with van der Waals surface area (Å²) in [6.07, 6.45) is 11.1. The summed E-state index contributed by atoms with van der Waals surface area (Å²) in [6.45, 7) is 15.0. The van der Waals surface area contributed by atoms with E-state index in [2.05, 4.69) is 37.7 Å². The van der Waals surface area contributed by atoms with Crippen molar-refractivity contribution in [3.63, 3.8) is 0 Å². The molecule has 0 heterocycles. The monoisotopic (exact) mass is 378 g/mol. The van der Waals surface area contributed by atoms with Crippen LogP contribution in [0.25, 0.3) is 0 Å². The summed E-state index contributed by atoms with van der Waals surface area (Å²) in [4.78, 5) is 0. The van der Waals surface area contributed by atoms with Crippen LogP contribution in [0.1, 0.15) is 79.1 Å². The van der Waals surface area contributed by atoms with Crippen molar-refractivity contribution in [3.8, 4) is 0 Å². The zero-order valence-corrected chi connectivity index (χ0v) is 17.0. The van der Waals surface area contributed by atoms with Gasteiger partial charge in [-0.3, -0.25) is 0 Å². The van der Waals surface area contributed by atoms with Gasteiger partial charge in [0.2, 0.25) is 0 Å². The standard InChI is InChI=1S/C16H36N.ClH.Cr.H2O.2O/c1-5-9-13-17(14-10-6-2,15-11-7-3)16-12-8-4;;;;;/h5-16H2,1-4H3;1H;;1H2;;/q+1;;+2;;;/p-2. The second-order valence-corrected chi connectivity index (χ2v) is 8.96. The van der Waals surface area contributed by atoms with Crippen molar-refractivity contribution in [1.29, 1.82) is 0 Å². The van der Waals surface area contributed by atoms with Crippen LogP contribution >= 0.6 is 10.0 Å². The van der Waals surface area contributed by atoms with Crippen molar-refractivity contribution in [3.05, 3.63) is 0 Å². The summed E-state index contributed by atoms with van der Waals surface area (Å²) in [6, 6.07) is 0. The first kappa shape index (κ1) is 24.6. The first-order valence-electron chi connectivity index (χ1n) is 8.76. The minimum atomic E-state index is -4.78. The van der Waals surface area contributed by atoms with Gasteiger partial charge in [0.05, 0.1) is 26.2 Å². The summed E-state index contributed by atoms with van der Waals surface area (Å²) in [5.41, 5.74) is 0. The summed E-state index contributed by atoms with van der Waals surface area (Å²) < 4.78 is 26.8. The molecule has 0 aromatic rings. The van der Waals surface area contributed by atoms with Gasteiger partial charge in [0.15, 0.2) is 0 Å². The van der Waals surface area contributed by atoms with E-state index in [4.69, 9.17) is 11.8 Å². The van der Waals surface area contributed by atoms with E-state index in [1.807, 2.05) is 0 Å². The van der Waals surface area contributed by atoms with E-state index in [1.165, 1.54) is 82.0 Å². The van der Waals surface area contributed by atoms with Crippen LogP contribution in [-0.4, -0.2) is 34.8 Å². The molecule has 0 saturated heterocycles. The van der Waals surface area contributed by atoms with Crippen molar-refractivity contribution in [2.75, 3.05) is 26.2 Å². The Balaban J connectivity index is 0. The van der Waals surface area contributed by atoms with Crippen LogP contribution in [0.3, 0.4) is 0 Å². The molecule has 0 aliphatic carbocycles. The summed E-state index contributed by atoms with van der Waals surface area (Å²) in [5, 5.41) is 0. The second kappa shape index (κ2) is 14.9. The third-order valence-corrected chi connectivity index (χ3v) is 3.94. The van der Waals surface area contributed by atoms with Crippen LogP contribution in [0.5, 0.6) is 0 Å². The van der Waals surface area contributed by atoms with E-state index >= 15 is 0 Å². The molecule has 0 aliphatic heterocycles. The molecule has 0 radical (unpaired) electrons. The van der Waals surface area contributed by atoms with Crippen LogP contribution in [0, 0.1) is 0 Å². The van der Waals surface area contributed by atoms with Crippen molar-refractivity contribution >= 4 is 10.0 Å². The molecule has 0 aromatic heterocycles. The Morgan fingerprint density at radius 2 is 0.909 bits per heavy atom. The predicted octanol–water partition coefficient (Wildman–Crippen LogP) is 4.90. The fraction of sp³-hybridized carbons (Fsp3) is 1.00. The fourth-order valence-corrected chi connectivity index (χ4v) is 2.64. The first-order chi connectivity index (χ1) is 10.2. The molecule has 0 unspecified atom stereocenters. The Hall–Kier alpha value is 0.342. The average Bonchev–Trinajstić information content (AvgIpc) is 2.44. The van der Waals surface area contributed by atoms with Crippen LogP contribution in [-0.2, 0) is 20.0 Å². The van der Waals surface area contributed by atoms with E-state index in [1.54, 1.807) is 0 Å². The van der Waals surface area contributed by atoms with Gasteiger partial charge in [-0.15, -0.1) is 0 Å². The molecule has 0 atom stereocenters. The van der Waals surface area contributed by atoms with Gasteiger partial charge in [0.1, 0.15) is 0 Å². The third kappa shape index (κ3) is 18.4. The molecular weight excluding hydrogens is 342 g/mol. The van der Waals surface area contributed by atoms with Crippen molar-refractivity contribution in [2.45, 2.75) is 79.1 Å². The zero-order valence-electron chi connectivity index (χ0n) is 15.0. The van der Waals surface area contributed by atoms with Crippen LogP contribution in [0.15, 0.2) is 0 Å². The molecule has 0 aromatic carbocycles. The number of hydrogen-bond donors (Lipinski definition) is 1. The molecule has 0 fully saturated rings. The fourth-order valence-electron chi connectivity index (χ4n) is 2.64. The number of nitrogens with zero attached hydrogens (tertiary/aromatic N) is 1. The van der Waals surface area contributed by atoms with Gasteiger partial charge >= 0.3 is 34.2 Å². The van der Waals surface area contributed by atoms with Gasteiger partial charge < -0.3 is 4.48 Å². The molecular formula is C16H37ClCrNO3+. The SMILES string of the molecule is CCCC[N+](CCCC)(CCCC)CCCC.[O]=[Cr](=[O])([OH])[Cl]. The van der Waals surface area contributed by atoms with E-state index in [0.717, 1.165) is 0 Å². The maximum absolute atomic E-state index is 9.03. The maximum atomic E-state index is 9.03. The van der Waals surface area contributed by atoms with E-state index in [0.29, 0.717) is 0 Å². The summed E-state index contributed by atoms with van der Waals surface area (Å²) >= 11 is -4.78. The van der Waals surface area contributed by atoms with Gasteiger partial charge in [0, 0.05) is 0 Å². The van der Waals surface area contributed by atoms with E-state index in [9.17, 15) is 0 Å². The van der Waals surface area contributed by atoms with Crippen molar-refractivity contribution < 1.29 is 28.6 Å². The molecule has 0 rings (SSSR count). The van der Waals surface area contributed by atoms with Gasteiger partial charge in [0.25, 0.3) is 0 Å². The Morgan fingerprint density at radius 3 is 1.05 bits per heavy atom. The van der Waals surface area contributed by atoms with E-state index < -0.39 is 12.4 Å². The predicted molar refractivity (Wildman–Crippen MR) is 88.8 cm³/mol. The quantitative estimate of drug-likeness (QED) is 0.491. The average molecular weight is 379 g/mol. The molecule has 6 heteroatoms. The normalized spacial score (nSPS) is 11.9. The number of halogens is 1. The van der Waals surface area contributed by atoms with Gasteiger partial charge in [-0.2, -0.15) is 0 Å². The molecule has 4 nitrogen and oxygen atoms in total. The van der Waals surface area contributed by atoms with Crippen LogP contribution in [0.2, 0.25) is 0 Å². The Labute approximate surface area is 144 Å². The van der Waals surface area contributed by atoms with Crippen molar-refractivity contribution in [2.24, 2.45) is 0 Å². The molecule has 1 N–H and O–H groups in total. The van der Waals surface area contributed by atoms with Crippen LogP contribution in [0.4, 0.5) is 0 Å². The minimum absolute atomic E-state index is 1.35. The molecule has 22 heavy (non-hydrogen) atoms. The molecule has 0 spiro atoms. The van der Waals surface area contributed by atoms with E-state index in [-0.39, 0.29) is 0 Å². The molecule has 0 aliphatic rings. The molecule has 0 amide bonds. The van der Waals surface area contributed by atoms with Crippen LogP contribution < -0.4 is 0 Å². The third-order valence-electron chi connectivity index (χ3n) is 3.94. The second-order valence-electron chi connectivity index (χ2n) is 6.06. The zero-order chi connectivity index (χ0) is 17.5. The number of quaternary nitrogens is 1. The number of hydrogen-bond acceptors (Lipinski definition) is 2. The Morgan fingerprint density at radius 1 is 0.727 bits per heavy atom. The number of unbranched alkanes of at least 4 members (excludes halogenated alkanes) is 4. The molecule has 0 bridgehead atoms. The topological polar surface area (TPSA) is 54.4 Å². The van der Waals surface area contributed by atoms with Gasteiger partial charge in [-0.05, 0) is 25.7 Å². The Bertz CT molecular complexity index is 289. The number of rotatable bonds is 12. The summed E-state index contributed by atoms with van der Waals surface area (Å²) in [5.74, 6) is 0. The van der Waals surface area contributed by atoms with Crippen molar-refractivity contribution in [1.82, 2.24) is 0 Å². The molecule has 0 saturated carbocycles. The van der Waals surface area contributed by atoms with Gasteiger partial charge in [-0.1, -0.05) is 53.4 Å². The Kier molecular flexibility index (Phi) is 16.7. The first-order valence-corrected chi connectivity index (χ1v) is 12.1.